The summed E-state index contributed by atoms with van der Waals surface area (Å²) < 4.78 is 4.77. The summed E-state index contributed by atoms with van der Waals surface area (Å²) in [5.41, 5.74) is 1.43. The Morgan fingerprint density at radius 2 is 1.96 bits per heavy atom. The highest BCUT2D eigenvalue weighted by Gasteiger charge is 2.21. The summed E-state index contributed by atoms with van der Waals surface area (Å²) in [6.07, 6.45) is 0.0860. The van der Waals surface area contributed by atoms with Crippen LogP contribution in [0.1, 0.15) is 27.2 Å². The summed E-state index contributed by atoms with van der Waals surface area (Å²) in [4.78, 5) is 35.5. The Morgan fingerprint density at radius 1 is 1.27 bits per heavy atom. The number of benzene rings is 1. The highest BCUT2D eigenvalue weighted by Crippen LogP contribution is 2.33. The van der Waals surface area contributed by atoms with Crippen LogP contribution in [-0.2, 0) is 9.53 Å². The fourth-order valence-corrected chi connectivity index (χ4v) is 3.41. The summed E-state index contributed by atoms with van der Waals surface area (Å²) in [7, 11) is 1.29. The van der Waals surface area contributed by atoms with Gasteiger partial charge in [0.2, 0.25) is 5.91 Å². The van der Waals surface area contributed by atoms with E-state index in [2.05, 4.69) is 10.6 Å². The second-order valence-electron chi connectivity index (χ2n) is 5.48. The third kappa shape index (κ3) is 4.37. The number of nitrogens with zero attached hydrogens (tertiary/aromatic N) is 1. The highest BCUT2D eigenvalue weighted by molar-refractivity contribution is 7.16. The minimum atomic E-state index is -0.500. The molecule has 1 aromatic carbocycles. The van der Waals surface area contributed by atoms with Gasteiger partial charge in [0, 0.05) is 23.9 Å². The molecule has 0 radical (unpaired) electrons. The first kappa shape index (κ1) is 19.4. The van der Waals surface area contributed by atoms with E-state index >= 15 is 0 Å². The zero-order chi connectivity index (χ0) is 19.3. The molecule has 1 amide bonds. The number of methoxy groups -OCH3 is 1. The van der Waals surface area contributed by atoms with Crippen molar-refractivity contribution in [1.82, 2.24) is 0 Å². The van der Waals surface area contributed by atoms with Gasteiger partial charge in [0.15, 0.2) is 0 Å². The summed E-state index contributed by atoms with van der Waals surface area (Å²) in [5.74, 6) is -0.803. The van der Waals surface area contributed by atoms with Crippen LogP contribution in [0.2, 0.25) is 0 Å². The molecule has 0 spiro atoms. The van der Waals surface area contributed by atoms with Crippen LogP contribution in [-0.4, -0.2) is 30.5 Å². The minimum absolute atomic E-state index is 0.0506. The predicted molar refractivity (Wildman–Crippen MR) is 100.0 cm³/mol. The quantitative estimate of drug-likeness (QED) is 0.434. The number of aryl methyl sites for hydroxylation is 1. The third-order valence-corrected chi connectivity index (χ3v) is 4.92. The van der Waals surface area contributed by atoms with Gasteiger partial charge in [0.1, 0.15) is 10.7 Å². The summed E-state index contributed by atoms with van der Waals surface area (Å²) >= 11 is 1.31. The van der Waals surface area contributed by atoms with E-state index in [1.807, 2.05) is 6.92 Å². The zero-order valence-electron chi connectivity index (χ0n) is 14.6. The monoisotopic (exact) mass is 377 g/mol. The van der Waals surface area contributed by atoms with E-state index in [1.165, 1.54) is 24.5 Å². The molecule has 138 valence electrons. The fraction of sp³-hybridized carbons (Fsp3) is 0.294. The molecule has 2 N–H and O–H groups in total. The molecule has 0 saturated carbocycles. The molecule has 2 aromatic rings. The average molecular weight is 377 g/mol. The molecule has 0 aliphatic rings. The maximum Gasteiger partial charge on any atom is 0.341 e. The van der Waals surface area contributed by atoms with Crippen LogP contribution in [0.5, 0.6) is 0 Å². The Labute approximate surface area is 154 Å². The number of carbonyl (C=O) groups excluding carboxylic acids is 2. The van der Waals surface area contributed by atoms with Gasteiger partial charge in [0.05, 0.1) is 17.6 Å². The number of amides is 1. The van der Waals surface area contributed by atoms with Crippen LogP contribution in [0.3, 0.4) is 0 Å². The van der Waals surface area contributed by atoms with Crippen LogP contribution < -0.4 is 10.6 Å². The van der Waals surface area contributed by atoms with Gasteiger partial charge in [-0.2, -0.15) is 0 Å². The number of rotatable bonds is 7. The second-order valence-corrected chi connectivity index (χ2v) is 6.70. The van der Waals surface area contributed by atoms with Crippen molar-refractivity contribution in [3.05, 3.63) is 50.4 Å². The molecule has 1 aromatic heterocycles. The average Bonchev–Trinajstić information content (AvgIpc) is 2.88. The van der Waals surface area contributed by atoms with Crippen molar-refractivity contribution >= 4 is 39.6 Å². The number of esters is 1. The molecule has 0 fully saturated rings. The van der Waals surface area contributed by atoms with Crippen LogP contribution in [0.15, 0.2) is 24.3 Å². The normalized spacial score (nSPS) is 10.3. The molecule has 0 saturated heterocycles. The number of nitrogens with one attached hydrogen (secondary N) is 2. The molecule has 8 nitrogen and oxygen atoms in total. The van der Waals surface area contributed by atoms with E-state index in [0.29, 0.717) is 16.3 Å². The number of thiophene rings is 1. The van der Waals surface area contributed by atoms with E-state index in [1.54, 1.807) is 25.1 Å². The lowest BCUT2D eigenvalue weighted by Gasteiger charge is -2.08. The summed E-state index contributed by atoms with van der Waals surface area (Å²) in [6.45, 7) is 3.87. The number of nitro groups is 1. The molecule has 0 bridgehead atoms. The number of carbonyl (C=O) groups is 2. The first-order chi connectivity index (χ1) is 12.3. The van der Waals surface area contributed by atoms with Crippen molar-refractivity contribution < 1.29 is 19.2 Å². The first-order valence-electron chi connectivity index (χ1n) is 7.80. The van der Waals surface area contributed by atoms with Gasteiger partial charge in [0.25, 0.3) is 5.69 Å². The van der Waals surface area contributed by atoms with Gasteiger partial charge < -0.3 is 15.4 Å². The summed E-state index contributed by atoms with van der Waals surface area (Å²) in [6, 6.07) is 6.22. The van der Waals surface area contributed by atoms with Gasteiger partial charge >= 0.3 is 5.97 Å². The van der Waals surface area contributed by atoms with Crippen molar-refractivity contribution in [2.24, 2.45) is 0 Å². The van der Waals surface area contributed by atoms with Crippen molar-refractivity contribution in [2.45, 2.75) is 20.3 Å². The lowest BCUT2D eigenvalue weighted by Crippen LogP contribution is -2.17. The Morgan fingerprint density at radius 3 is 2.62 bits per heavy atom. The first-order valence-corrected chi connectivity index (χ1v) is 8.62. The van der Waals surface area contributed by atoms with E-state index in [4.69, 9.17) is 4.74 Å². The SMILES string of the molecule is COC(=O)c1c(NC(=O)CCNc2ccccc2[N+](=O)[O-])sc(C)c1C. The number of hydrogen-bond acceptors (Lipinski definition) is 7. The molecule has 0 aliphatic heterocycles. The molecule has 26 heavy (non-hydrogen) atoms. The molecule has 0 aliphatic carbocycles. The molecule has 1 heterocycles. The van der Waals surface area contributed by atoms with Gasteiger partial charge in [-0.1, -0.05) is 12.1 Å². The van der Waals surface area contributed by atoms with Crippen LogP contribution >= 0.6 is 11.3 Å². The molecular weight excluding hydrogens is 358 g/mol. The molecule has 0 unspecified atom stereocenters. The predicted octanol–water partition coefficient (Wildman–Crippen LogP) is 3.50. The van der Waals surface area contributed by atoms with E-state index < -0.39 is 10.9 Å². The Bertz CT molecular complexity index is 847. The molecule has 2 rings (SSSR count). The molecule has 9 heteroatoms. The lowest BCUT2D eigenvalue weighted by molar-refractivity contribution is -0.384. The van der Waals surface area contributed by atoms with Gasteiger partial charge in [-0.15, -0.1) is 11.3 Å². The third-order valence-electron chi connectivity index (χ3n) is 3.80. The molecular formula is C17H19N3O5S. The van der Waals surface area contributed by atoms with Crippen LogP contribution in [0.4, 0.5) is 16.4 Å². The summed E-state index contributed by atoms with van der Waals surface area (Å²) in [5, 5.41) is 17.0. The van der Waals surface area contributed by atoms with Gasteiger partial charge in [-0.3, -0.25) is 14.9 Å². The number of ether oxygens (including phenoxy) is 1. The number of anilines is 2. The van der Waals surface area contributed by atoms with E-state index in [9.17, 15) is 19.7 Å². The van der Waals surface area contributed by atoms with Gasteiger partial charge in [-0.25, -0.2) is 4.79 Å². The maximum absolute atomic E-state index is 12.2. The highest BCUT2D eigenvalue weighted by atomic mass is 32.1. The second kappa shape index (κ2) is 8.43. The van der Waals surface area contributed by atoms with Gasteiger partial charge in [-0.05, 0) is 25.5 Å². The number of para-hydroxylation sites is 2. The number of nitro benzene ring substituents is 1. The fourth-order valence-electron chi connectivity index (χ4n) is 2.35. The Balaban J connectivity index is 2.00. The molecule has 0 atom stereocenters. The lowest BCUT2D eigenvalue weighted by atomic mass is 10.1. The number of hydrogen-bond donors (Lipinski definition) is 2. The van der Waals surface area contributed by atoms with Crippen molar-refractivity contribution in [3.63, 3.8) is 0 Å². The van der Waals surface area contributed by atoms with E-state index in [0.717, 1.165) is 10.4 Å². The van der Waals surface area contributed by atoms with Crippen molar-refractivity contribution in [2.75, 3.05) is 24.3 Å². The van der Waals surface area contributed by atoms with Crippen molar-refractivity contribution in [3.8, 4) is 0 Å². The zero-order valence-corrected chi connectivity index (χ0v) is 15.4. The standard InChI is InChI=1S/C17H19N3O5S/c1-10-11(2)26-16(15(10)17(22)25-3)19-14(21)8-9-18-12-6-4-5-7-13(12)20(23)24/h4-7,18H,8-9H2,1-3H3,(H,19,21). The van der Waals surface area contributed by atoms with E-state index in [-0.39, 0.29) is 24.6 Å². The topological polar surface area (TPSA) is 111 Å². The van der Waals surface area contributed by atoms with Crippen LogP contribution in [0, 0.1) is 24.0 Å². The minimum Gasteiger partial charge on any atom is -0.465 e. The maximum atomic E-state index is 12.2. The largest absolute Gasteiger partial charge is 0.465 e. The Hall–Kier alpha value is -2.94. The van der Waals surface area contributed by atoms with Crippen molar-refractivity contribution in [1.29, 1.82) is 0 Å². The Kier molecular flexibility index (Phi) is 6.29. The van der Waals surface area contributed by atoms with Crippen LogP contribution in [0.25, 0.3) is 0 Å². The smallest absolute Gasteiger partial charge is 0.341 e.